The third-order valence-electron chi connectivity index (χ3n) is 5.26. The van der Waals surface area contributed by atoms with Crippen LogP contribution in [0.4, 0.5) is 4.39 Å². The van der Waals surface area contributed by atoms with Crippen molar-refractivity contribution in [2.45, 2.75) is 31.2 Å². The Kier molecular flexibility index (Phi) is 11.5. The van der Waals surface area contributed by atoms with Gasteiger partial charge >= 0.3 is 0 Å². The first-order chi connectivity index (χ1) is 14.6. The van der Waals surface area contributed by atoms with Crippen molar-refractivity contribution < 1.29 is 8.60 Å². The zero-order valence-electron chi connectivity index (χ0n) is 17.9. The topological polar surface area (TPSA) is 56.7 Å². The third-order valence-corrected chi connectivity index (χ3v) is 6.58. The van der Waals surface area contributed by atoms with Gasteiger partial charge in [-0.3, -0.25) is 14.1 Å². The van der Waals surface area contributed by atoms with E-state index in [1.165, 1.54) is 12.1 Å². The monoisotopic (exact) mass is 558 g/mol. The van der Waals surface area contributed by atoms with Gasteiger partial charge in [0, 0.05) is 61.6 Å². The highest BCUT2D eigenvalue weighted by Gasteiger charge is 2.20. The summed E-state index contributed by atoms with van der Waals surface area (Å²) >= 11 is 0. The molecule has 1 aliphatic heterocycles. The molecule has 0 aromatic heterocycles. The number of guanidine groups is 1. The first-order valence-corrected chi connectivity index (χ1v) is 11.9. The summed E-state index contributed by atoms with van der Waals surface area (Å²) in [5, 5.41) is 6.77. The van der Waals surface area contributed by atoms with Gasteiger partial charge < -0.3 is 10.6 Å². The fourth-order valence-electron chi connectivity index (χ4n) is 3.59. The molecule has 5 nitrogen and oxygen atoms in total. The van der Waals surface area contributed by atoms with Crippen LogP contribution >= 0.6 is 24.0 Å². The Morgan fingerprint density at radius 2 is 1.77 bits per heavy atom. The van der Waals surface area contributed by atoms with Crippen LogP contribution in [0.5, 0.6) is 0 Å². The van der Waals surface area contributed by atoms with E-state index >= 15 is 0 Å². The number of hydrogen-bond donors (Lipinski definition) is 2. The SMILES string of the molecule is CN=C(NCCS(=O)Cc1ccccc1)NC1CCN(Cc2ccc(F)cc2)CC1.I. The number of nitrogens with one attached hydrogen (secondary N) is 2. The number of rotatable bonds is 8. The summed E-state index contributed by atoms with van der Waals surface area (Å²) in [6.07, 6.45) is 2.06. The lowest BCUT2D eigenvalue weighted by molar-refractivity contribution is 0.198. The molecule has 8 heteroatoms. The van der Waals surface area contributed by atoms with E-state index in [0.717, 1.165) is 49.6 Å². The average Bonchev–Trinajstić information content (AvgIpc) is 2.76. The van der Waals surface area contributed by atoms with Gasteiger partial charge in [-0.05, 0) is 36.1 Å². The minimum absolute atomic E-state index is 0. The second-order valence-corrected chi connectivity index (χ2v) is 9.17. The van der Waals surface area contributed by atoms with Gasteiger partial charge in [-0.25, -0.2) is 4.39 Å². The predicted molar refractivity (Wildman–Crippen MR) is 138 cm³/mol. The minimum atomic E-state index is -0.897. The fraction of sp³-hybridized carbons (Fsp3) is 0.435. The van der Waals surface area contributed by atoms with E-state index in [2.05, 4.69) is 20.5 Å². The highest BCUT2D eigenvalue weighted by molar-refractivity contribution is 14.0. The molecule has 2 aromatic rings. The highest BCUT2D eigenvalue weighted by Crippen LogP contribution is 2.14. The number of nitrogens with zero attached hydrogens (tertiary/aromatic N) is 2. The Morgan fingerprint density at radius 1 is 1.10 bits per heavy atom. The second kappa shape index (κ2) is 13.8. The maximum atomic E-state index is 13.0. The van der Waals surface area contributed by atoms with Gasteiger partial charge in [0.05, 0.1) is 0 Å². The highest BCUT2D eigenvalue weighted by atomic mass is 127. The molecule has 1 aliphatic rings. The van der Waals surface area contributed by atoms with Gasteiger partial charge in [0.15, 0.2) is 5.96 Å². The number of piperidine rings is 1. The Bertz CT molecular complexity index is 827. The number of aliphatic imine (C=N–C) groups is 1. The lowest BCUT2D eigenvalue weighted by Gasteiger charge is -2.33. The van der Waals surface area contributed by atoms with E-state index in [0.29, 0.717) is 24.1 Å². The predicted octanol–water partition coefficient (Wildman–Crippen LogP) is 3.52. The Morgan fingerprint density at radius 3 is 2.42 bits per heavy atom. The Hall–Kier alpha value is -1.52. The van der Waals surface area contributed by atoms with Gasteiger partial charge in [0.25, 0.3) is 0 Å². The molecule has 0 bridgehead atoms. The lowest BCUT2D eigenvalue weighted by atomic mass is 10.0. The van der Waals surface area contributed by atoms with Crippen molar-refractivity contribution in [2.24, 2.45) is 4.99 Å². The van der Waals surface area contributed by atoms with Crippen LogP contribution in [0.2, 0.25) is 0 Å². The van der Waals surface area contributed by atoms with Crippen LogP contribution in [0.1, 0.15) is 24.0 Å². The smallest absolute Gasteiger partial charge is 0.191 e. The fourth-order valence-corrected chi connectivity index (χ4v) is 4.63. The van der Waals surface area contributed by atoms with Crippen molar-refractivity contribution in [3.8, 4) is 0 Å². The van der Waals surface area contributed by atoms with Crippen LogP contribution in [0.15, 0.2) is 59.6 Å². The molecule has 170 valence electrons. The maximum Gasteiger partial charge on any atom is 0.191 e. The first-order valence-electron chi connectivity index (χ1n) is 10.5. The number of likely N-dealkylation sites (tertiary alicyclic amines) is 1. The van der Waals surface area contributed by atoms with Crippen LogP contribution in [-0.2, 0) is 23.1 Å². The van der Waals surface area contributed by atoms with Crippen molar-refractivity contribution in [2.75, 3.05) is 32.4 Å². The molecule has 0 aliphatic carbocycles. The van der Waals surface area contributed by atoms with Crippen molar-refractivity contribution in [1.29, 1.82) is 0 Å². The summed E-state index contributed by atoms with van der Waals surface area (Å²) in [5.74, 6) is 1.75. The summed E-state index contributed by atoms with van der Waals surface area (Å²) in [7, 11) is 0.866. The Labute approximate surface area is 204 Å². The van der Waals surface area contributed by atoms with Crippen molar-refractivity contribution >= 4 is 40.7 Å². The van der Waals surface area contributed by atoms with Gasteiger partial charge in [0.1, 0.15) is 5.82 Å². The first kappa shape index (κ1) is 25.7. The number of halogens is 2. The van der Waals surface area contributed by atoms with Crippen LogP contribution in [0.25, 0.3) is 0 Å². The quantitative estimate of drug-likeness (QED) is 0.296. The third kappa shape index (κ3) is 9.24. The molecule has 1 saturated heterocycles. The van der Waals surface area contributed by atoms with Gasteiger partial charge in [-0.1, -0.05) is 42.5 Å². The number of hydrogen-bond acceptors (Lipinski definition) is 3. The van der Waals surface area contributed by atoms with Crippen molar-refractivity contribution in [1.82, 2.24) is 15.5 Å². The molecule has 0 spiro atoms. The molecule has 2 N–H and O–H groups in total. The summed E-state index contributed by atoms with van der Waals surface area (Å²) in [5.41, 5.74) is 2.24. The van der Waals surface area contributed by atoms with Crippen LogP contribution in [0.3, 0.4) is 0 Å². The van der Waals surface area contributed by atoms with Crippen molar-refractivity contribution in [3.05, 3.63) is 71.5 Å². The molecular formula is C23H32FIN4OS. The Balaban J connectivity index is 0.00000341. The van der Waals surface area contributed by atoms with Gasteiger partial charge in [-0.15, -0.1) is 24.0 Å². The van der Waals surface area contributed by atoms with Crippen LogP contribution < -0.4 is 10.6 Å². The van der Waals surface area contributed by atoms with Crippen LogP contribution in [0, 0.1) is 5.82 Å². The van der Waals surface area contributed by atoms with E-state index in [-0.39, 0.29) is 29.8 Å². The van der Waals surface area contributed by atoms with E-state index in [4.69, 9.17) is 0 Å². The minimum Gasteiger partial charge on any atom is -0.355 e. The normalized spacial score (nSPS) is 16.4. The standard InChI is InChI=1S/C23H31FN4OS.HI/c1-25-23(26-13-16-30(29)18-20-5-3-2-4-6-20)27-22-11-14-28(15-12-22)17-19-7-9-21(24)10-8-19;/h2-10,22H,11-18H2,1H3,(H2,25,26,27);1H. The lowest BCUT2D eigenvalue weighted by Crippen LogP contribution is -2.49. The molecule has 31 heavy (non-hydrogen) atoms. The molecule has 1 atom stereocenters. The maximum absolute atomic E-state index is 13.0. The molecule has 1 fully saturated rings. The van der Waals surface area contributed by atoms with Crippen molar-refractivity contribution in [3.63, 3.8) is 0 Å². The van der Waals surface area contributed by atoms with Gasteiger partial charge in [0.2, 0.25) is 0 Å². The molecule has 3 rings (SSSR count). The summed E-state index contributed by atoms with van der Waals surface area (Å²) in [6, 6.07) is 17.1. The second-order valence-electron chi connectivity index (χ2n) is 7.59. The summed E-state index contributed by atoms with van der Waals surface area (Å²) in [4.78, 5) is 6.70. The van der Waals surface area contributed by atoms with Crippen LogP contribution in [-0.4, -0.2) is 53.5 Å². The molecule has 0 amide bonds. The average molecular weight is 559 g/mol. The molecule has 0 saturated carbocycles. The molecule has 2 aromatic carbocycles. The number of benzene rings is 2. The van der Waals surface area contributed by atoms with E-state index < -0.39 is 10.8 Å². The summed E-state index contributed by atoms with van der Waals surface area (Å²) in [6.45, 7) is 3.47. The van der Waals surface area contributed by atoms with E-state index in [9.17, 15) is 8.60 Å². The molecule has 1 heterocycles. The largest absolute Gasteiger partial charge is 0.355 e. The van der Waals surface area contributed by atoms with E-state index in [1.54, 1.807) is 7.05 Å². The van der Waals surface area contributed by atoms with E-state index in [1.807, 2.05) is 42.5 Å². The van der Waals surface area contributed by atoms with Gasteiger partial charge in [-0.2, -0.15) is 0 Å². The summed E-state index contributed by atoms with van der Waals surface area (Å²) < 4.78 is 25.3. The molecule has 0 radical (unpaired) electrons. The molecular weight excluding hydrogens is 526 g/mol. The zero-order valence-corrected chi connectivity index (χ0v) is 21.1. The molecule has 1 unspecified atom stereocenters. The zero-order chi connectivity index (χ0) is 21.2.